The molecule has 3 aliphatic rings. The van der Waals surface area contributed by atoms with Crippen molar-refractivity contribution in [3.63, 3.8) is 0 Å². The Labute approximate surface area is 207 Å². The molecule has 0 spiro atoms. The number of aryl methyl sites for hydroxylation is 1. The van der Waals surface area contributed by atoms with Crippen LogP contribution in [0.15, 0.2) is 36.7 Å². The van der Waals surface area contributed by atoms with E-state index in [1.54, 1.807) is 18.2 Å². The highest BCUT2D eigenvalue weighted by Crippen LogP contribution is 2.47. The van der Waals surface area contributed by atoms with Gasteiger partial charge in [-0.25, -0.2) is 4.98 Å². The molecular weight excluding hydrogens is 454 g/mol. The van der Waals surface area contributed by atoms with E-state index in [9.17, 15) is 10.1 Å². The molecule has 0 bridgehead atoms. The third-order valence-electron chi connectivity index (χ3n) is 7.89. The highest BCUT2D eigenvalue weighted by molar-refractivity contribution is 5.93. The van der Waals surface area contributed by atoms with Gasteiger partial charge in [-0.15, -0.1) is 0 Å². The van der Waals surface area contributed by atoms with Gasteiger partial charge in [0.25, 0.3) is 0 Å². The second-order valence-electron chi connectivity index (χ2n) is 10.1. The molecule has 1 N–H and O–H groups in total. The van der Waals surface area contributed by atoms with E-state index in [2.05, 4.69) is 39.6 Å². The predicted molar refractivity (Wildman–Crippen MR) is 132 cm³/mol. The number of nitrogens with zero attached hydrogens (tertiary/aromatic N) is 6. The number of carbonyl (C=O) groups excluding carboxylic acids is 1. The Hall–Kier alpha value is -4.19. The number of ether oxygens (including phenoxy) is 1. The first-order valence-corrected chi connectivity index (χ1v) is 12.4. The van der Waals surface area contributed by atoms with E-state index in [0.717, 1.165) is 58.6 Å². The smallest absolute Gasteiger partial charge is 0.243 e. The van der Waals surface area contributed by atoms with Crippen LogP contribution in [0.2, 0.25) is 0 Å². The normalized spacial score (nSPS) is 18.1. The predicted octanol–water partition coefficient (Wildman–Crippen LogP) is 3.67. The summed E-state index contributed by atoms with van der Waals surface area (Å²) < 4.78 is 7.62. The number of carbonyl (C=O) groups is 1. The summed E-state index contributed by atoms with van der Waals surface area (Å²) in [5.41, 5.74) is 7.11. The van der Waals surface area contributed by atoms with Crippen LogP contribution in [0.4, 0.5) is 0 Å². The van der Waals surface area contributed by atoms with Crippen LogP contribution in [0.5, 0.6) is 5.75 Å². The highest BCUT2D eigenvalue weighted by Gasteiger charge is 2.54. The first-order valence-electron chi connectivity index (χ1n) is 12.4. The quantitative estimate of drug-likeness (QED) is 0.467. The molecule has 9 heteroatoms. The Balaban J connectivity index is 1.20. The SMILES string of the molecule is COc1cc2[nH]nc(-c3cnn(C4CN(C(=O)C5(C#N)CC5)C4)c3)c2nc1-c1cccc2c1CCC2. The Morgan fingerprint density at radius 1 is 1.25 bits per heavy atom. The van der Waals surface area contributed by atoms with E-state index in [1.165, 1.54) is 11.1 Å². The van der Waals surface area contributed by atoms with Gasteiger partial charge in [0.1, 0.15) is 28.1 Å². The van der Waals surface area contributed by atoms with Gasteiger partial charge in [0.15, 0.2) is 0 Å². The van der Waals surface area contributed by atoms with Gasteiger partial charge in [0, 0.05) is 36.5 Å². The van der Waals surface area contributed by atoms with E-state index in [4.69, 9.17) is 9.72 Å². The second-order valence-corrected chi connectivity index (χ2v) is 10.1. The number of likely N-dealkylation sites (tertiary alicyclic amines) is 1. The molecule has 7 rings (SSSR count). The van der Waals surface area contributed by atoms with Gasteiger partial charge in [0.2, 0.25) is 5.91 Å². The summed E-state index contributed by atoms with van der Waals surface area (Å²) in [5.74, 6) is 0.684. The molecule has 1 aromatic carbocycles. The molecule has 2 fully saturated rings. The minimum Gasteiger partial charge on any atom is -0.494 e. The Kier molecular flexibility index (Phi) is 4.49. The lowest BCUT2D eigenvalue weighted by atomic mass is 9.99. The summed E-state index contributed by atoms with van der Waals surface area (Å²) in [6.07, 6.45) is 8.42. The van der Waals surface area contributed by atoms with Crippen LogP contribution in [-0.4, -0.2) is 56.0 Å². The van der Waals surface area contributed by atoms with Gasteiger partial charge in [-0.3, -0.25) is 14.6 Å². The zero-order chi connectivity index (χ0) is 24.4. The number of aromatic nitrogens is 5. The highest BCUT2D eigenvalue weighted by atomic mass is 16.5. The summed E-state index contributed by atoms with van der Waals surface area (Å²) in [4.78, 5) is 19.4. The summed E-state index contributed by atoms with van der Waals surface area (Å²) in [7, 11) is 1.67. The van der Waals surface area contributed by atoms with Gasteiger partial charge in [0.05, 0.1) is 30.9 Å². The zero-order valence-corrected chi connectivity index (χ0v) is 20.0. The van der Waals surface area contributed by atoms with E-state index < -0.39 is 5.41 Å². The van der Waals surface area contributed by atoms with Gasteiger partial charge in [-0.05, 0) is 43.2 Å². The van der Waals surface area contributed by atoms with E-state index >= 15 is 0 Å². The molecule has 36 heavy (non-hydrogen) atoms. The fourth-order valence-corrected chi connectivity index (χ4v) is 5.57. The summed E-state index contributed by atoms with van der Waals surface area (Å²) >= 11 is 0. The number of aromatic amines is 1. The minimum absolute atomic E-state index is 0.0370. The van der Waals surface area contributed by atoms with Crippen molar-refractivity contribution in [3.05, 3.63) is 47.8 Å². The Bertz CT molecular complexity index is 1570. The molecule has 180 valence electrons. The van der Waals surface area contributed by atoms with Crippen molar-refractivity contribution in [1.29, 1.82) is 5.26 Å². The first kappa shape index (κ1) is 21.1. The van der Waals surface area contributed by atoms with Gasteiger partial charge in [-0.2, -0.15) is 15.5 Å². The number of hydrogen-bond donors (Lipinski definition) is 1. The molecule has 1 amide bonds. The lowest BCUT2D eigenvalue weighted by Gasteiger charge is -2.40. The van der Waals surface area contributed by atoms with E-state index in [0.29, 0.717) is 25.9 Å². The fraction of sp³-hybridized carbons (Fsp3) is 0.370. The summed E-state index contributed by atoms with van der Waals surface area (Å²) in [6, 6.07) is 10.7. The van der Waals surface area contributed by atoms with Crippen LogP contribution >= 0.6 is 0 Å². The molecule has 0 radical (unpaired) electrons. The molecular formula is C27H25N7O2. The fourth-order valence-electron chi connectivity index (χ4n) is 5.57. The van der Waals surface area contributed by atoms with Crippen molar-refractivity contribution in [2.24, 2.45) is 5.41 Å². The number of pyridine rings is 1. The summed E-state index contributed by atoms with van der Waals surface area (Å²) in [6.45, 7) is 1.15. The largest absolute Gasteiger partial charge is 0.494 e. The van der Waals surface area contributed by atoms with Crippen LogP contribution in [0, 0.1) is 16.7 Å². The third kappa shape index (κ3) is 3.07. The molecule has 1 saturated heterocycles. The van der Waals surface area contributed by atoms with Crippen molar-refractivity contribution < 1.29 is 9.53 Å². The van der Waals surface area contributed by atoms with E-state index in [1.807, 2.05) is 16.9 Å². The maximum Gasteiger partial charge on any atom is 0.243 e. The van der Waals surface area contributed by atoms with E-state index in [-0.39, 0.29) is 11.9 Å². The van der Waals surface area contributed by atoms with Crippen molar-refractivity contribution in [2.75, 3.05) is 20.2 Å². The number of methoxy groups -OCH3 is 1. The lowest BCUT2D eigenvalue weighted by Crippen LogP contribution is -2.53. The maximum absolute atomic E-state index is 12.6. The third-order valence-corrected chi connectivity index (χ3v) is 7.89. The number of nitriles is 1. The van der Waals surface area contributed by atoms with Gasteiger partial charge >= 0.3 is 0 Å². The molecule has 4 heterocycles. The number of H-pyrrole nitrogens is 1. The molecule has 2 aliphatic carbocycles. The number of rotatable bonds is 5. The topological polar surface area (TPSA) is 113 Å². The van der Waals surface area contributed by atoms with Crippen LogP contribution in [0.25, 0.3) is 33.5 Å². The molecule has 4 aromatic rings. The monoisotopic (exact) mass is 479 g/mol. The minimum atomic E-state index is -0.766. The standard InChI is InChI=1S/C27H25N7O2/c1-36-22-10-21-25(30-24(22)20-7-3-5-16-4-2-6-19(16)20)23(32-31-21)17-11-29-34(12-17)18-13-33(14-18)26(35)27(15-28)8-9-27/h3,5,7,10-12,18H,2,4,6,8-9,13-14H2,1H3,(H,31,32). The zero-order valence-electron chi connectivity index (χ0n) is 20.0. The van der Waals surface area contributed by atoms with Crippen LogP contribution in [0.3, 0.4) is 0 Å². The molecule has 3 aromatic heterocycles. The average molecular weight is 480 g/mol. The Morgan fingerprint density at radius 2 is 2.11 bits per heavy atom. The van der Waals surface area contributed by atoms with Crippen molar-refractivity contribution in [3.8, 4) is 34.3 Å². The van der Waals surface area contributed by atoms with Crippen molar-refractivity contribution in [2.45, 2.75) is 38.1 Å². The van der Waals surface area contributed by atoms with Gasteiger partial charge < -0.3 is 9.64 Å². The van der Waals surface area contributed by atoms with Crippen molar-refractivity contribution >= 4 is 16.9 Å². The number of amides is 1. The van der Waals surface area contributed by atoms with Crippen LogP contribution < -0.4 is 4.74 Å². The van der Waals surface area contributed by atoms with Crippen molar-refractivity contribution in [1.82, 2.24) is 29.9 Å². The number of hydrogen-bond acceptors (Lipinski definition) is 6. The maximum atomic E-state index is 12.6. The first-order chi connectivity index (χ1) is 17.6. The Morgan fingerprint density at radius 3 is 2.89 bits per heavy atom. The number of benzene rings is 1. The molecule has 1 aliphatic heterocycles. The lowest BCUT2D eigenvalue weighted by molar-refractivity contribution is -0.141. The van der Waals surface area contributed by atoms with Crippen LogP contribution in [0.1, 0.15) is 36.4 Å². The number of nitrogens with one attached hydrogen (secondary N) is 1. The molecule has 9 nitrogen and oxygen atoms in total. The molecule has 0 unspecified atom stereocenters. The summed E-state index contributed by atoms with van der Waals surface area (Å²) in [5, 5.41) is 21.5. The van der Waals surface area contributed by atoms with Crippen LogP contribution in [-0.2, 0) is 17.6 Å². The number of fused-ring (bicyclic) bond motifs is 2. The van der Waals surface area contributed by atoms with Gasteiger partial charge in [-0.1, -0.05) is 18.2 Å². The molecule has 1 saturated carbocycles. The second kappa shape index (κ2) is 7.65. The molecule has 0 atom stereocenters. The average Bonchev–Trinajstić information content (AvgIpc) is 3.19.